The van der Waals surface area contributed by atoms with Crippen LogP contribution in [0.5, 0.6) is 0 Å². The number of aryl methyl sites for hydroxylation is 4. The van der Waals surface area contributed by atoms with Gasteiger partial charge in [-0.15, -0.1) is 11.3 Å². The third-order valence-corrected chi connectivity index (χ3v) is 7.44. The molecule has 1 amide bonds. The maximum Gasteiger partial charge on any atom is 0.297 e. The van der Waals surface area contributed by atoms with Gasteiger partial charge in [0, 0.05) is 9.35 Å². The van der Waals surface area contributed by atoms with Crippen LogP contribution in [-0.4, -0.2) is 10.9 Å². The van der Waals surface area contributed by atoms with Crippen LogP contribution in [0.15, 0.2) is 50.1 Å². The topological polar surface area (TPSA) is 63.4 Å². The van der Waals surface area contributed by atoms with Gasteiger partial charge in [0.15, 0.2) is 10.6 Å². The molecule has 31 heavy (non-hydrogen) atoms. The average Bonchev–Trinajstić information content (AvgIpc) is 3.20. The van der Waals surface area contributed by atoms with Crippen molar-refractivity contribution in [3.05, 3.63) is 89.7 Å². The lowest BCUT2D eigenvalue weighted by molar-refractivity contribution is 0.0971. The fraction of sp³-hybridized carbons (Fsp3) is 0.208. The van der Waals surface area contributed by atoms with Crippen LogP contribution in [0.25, 0.3) is 11.0 Å². The molecule has 0 aliphatic carbocycles. The van der Waals surface area contributed by atoms with E-state index in [0.717, 1.165) is 31.7 Å². The molecule has 1 aliphatic heterocycles. The minimum atomic E-state index is -0.604. The molecule has 4 aromatic rings. The normalized spacial score (nSPS) is 15.7. The highest BCUT2D eigenvalue weighted by Crippen LogP contribution is 2.43. The SMILES string of the molecule is Cc1cc2oc3c(c(=O)c2cc1C)[C@@H](c1cccc(Br)c1)N(c1nc(C)c(C)s1)C3=O. The van der Waals surface area contributed by atoms with Gasteiger partial charge in [0.1, 0.15) is 5.58 Å². The highest BCUT2D eigenvalue weighted by atomic mass is 79.9. The Labute approximate surface area is 191 Å². The standard InChI is InChI=1S/C24H19BrN2O3S/c1-11-8-17-18(9-12(11)2)30-22-19(21(17)28)20(15-6-5-7-16(25)10-15)27(23(22)29)24-26-13(3)14(4)31-24/h5-10,20H,1-4H3/t20-/m1/s1. The van der Waals surface area contributed by atoms with Gasteiger partial charge in [-0.05, 0) is 68.7 Å². The smallest absolute Gasteiger partial charge is 0.297 e. The summed E-state index contributed by atoms with van der Waals surface area (Å²) in [5.41, 5.74) is 4.32. The highest BCUT2D eigenvalue weighted by molar-refractivity contribution is 9.10. The van der Waals surface area contributed by atoms with E-state index in [2.05, 4.69) is 20.9 Å². The molecule has 0 bridgehead atoms. The third kappa shape index (κ3) is 3.06. The molecule has 5 nitrogen and oxygen atoms in total. The molecule has 0 saturated heterocycles. The van der Waals surface area contributed by atoms with Crippen molar-refractivity contribution in [2.24, 2.45) is 0 Å². The zero-order valence-electron chi connectivity index (χ0n) is 17.4. The Bertz CT molecular complexity index is 1430. The number of nitrogens with zero attached hydrogens (tertiary/aromatic N) is 2. The van der Waals surface area contributed by atoms with E-state index in [-0.39, 0.29) is 17.1 Å². The van der Waals surface area contributed by atoms with Gasteiger partial charge in [-0.3, -0.25) is 14.5 Å². The van der Waals surface area contributed by atoms with Crippen LogP contribution < -0.4 is 10.3 Å². The molecule has 0 fully saturated rings. The quantitative estimate of drug-likeness (QED) is 0.343. The molecular formula is C24H19BrN2O3S. The zero-order valence-corrected chi connectivity index (χ0v) is 19.8. The molecule has 156 valence electrons. The number of hydrogen-bond acceptors (Lipinski definition) is 5. The predicted molar refractivity (Wildman–Crippen MR) is 126 cm³/mol. The van der Waals surface area contributed by atoms with Crippen LogP contribution in [0, 0.1) is 27.7 Å². The fourth-order valence-electron chi connectivity index (χ4n) is 3.98. The Morgan fingerprint density at radius 1 is 1.06 bits per heavy atom. The van der Waals surface area contributed by atoms with Crippen molar-refractivity contribution in [2.75, 3.05) is 4.90 Å². The van der Waals surface area contributed by atoms with E-state index in [1.54, 1.807) is 4.90 Å². The molecule has 2 aromatic heterocycles. The van der Waals surface area contributed by atoms with Crippen LogP contribution in [0.1, 0.15) is 49.4 Å². The third-order valence-electron chi connectivity index (χ3n) is 5.87. The molecule has 5 rings (SSSR count). The number of rotatable bonds is 2. The molecule has 3 heterocycles. The van der Waals surface area contributed by atoms with Crippen molar-refractivity contribution in [3.63, 3.8) is 0 Å². The van der Waals surface area contributed by atoms with E-state index < -0.39 is 6.04 Å². The number of fused-ring (bicyclic) bond motifs is 2. The Kier molecular flexibility index (Phi) is 4.64. The summed E-state index contributed by atoms with van der Waals surface area (Å²) in [6, 6.07) is 10.7. The molecular weight excluding hydrogens is 476 g/mol. The zero-order chi connectivity index (χ0) is 22.0. The molecule has 1 atom stereocenters. The van der Waals surface area contributed by atoms with E-state index in [9.17, 15) is 9.59 Å². The predicted octanol–water partition coefficient (Wildman–Crippen LogP) is 6.00. The van der Waals surface area contributed by atoms with Crippen LogP contribution >= 0.6 is 27.3 Å². The van der Waals surface area contributed by atoms with Gasteiger partial charge in [0.05, 0.1) is 22.7 Å². The summed E-state index contributed by atoms with van der Waals surface area (Å²) < 4.78 is 6.95. The molecule has 0 N–H and O–H groups in total. The Morgan fingerprint density at radius 3 is 2.48 bits per heavy atom. The Balaban J connectivity index is 1.84. The first-order chi connectivity index (χ1) is 14.8. The molecule has 2 aromatic carbocycles. The van der Waals surface area contributed by atoms with Crippen LogP contribution in [-0.2, 0) is 0 Å². The monoisotopic (exact) mass is 494 g/mol. The summed E-state index contributed by atoms with van der Waals surface area (Å²) in [7, 11) is 0. The first-order valence-corrected chi connectivity index (χ1v) is 11.5. The largest absolute Gasteiger partial charge is 0.450 e. The second-order valence-electron chi connectivity index (χ2n) is 7.88. The van der Waals surface area contributed by atoms with Gasteiger partial charge in [-0.25, -0.2) is 4.98 Å². The summed E-state index contributed by atoms with van der Waals surface area (Å²) in [6.45, 7) is 7.81. The number of halogens is 1. The van der Waals surface area contributed by atoms with E-state index >= 15 is 0 Å². The molecule has 0 radical (unpaired) electrons. The number of carbonyl (C=O) groups excluding carboxylic acids is 1. The van der Waals surface area contributed by atoms with Crippen LogP contribution in [0.2, 0.25) is 0 Å². The van der Waals surface area contributed by atoms with Crippen molar-refractivity contribution in [3.8, 4) is 0 Å². The highest BCUT2D eigenvalue weighted by Gasteiger charge is 2.45. The van der Waals surface area contributed by atoms with Crippen molar-refractivity contribution in [1.82, 2.24) is 4.98 Å². The summed E-state index contributed by atoms with van der Waals surface area (Å²) in [4.78, 5) is 34.5. The number of amides is 1. The second-order valence-corrected chi connectivity index (χ2v) is 9.97. The van der Waals surface area contributed by atoms with Gasteiger partial charge in [-0.1, -0.05) is 28.1 Å². The summed E-state index contributed by atoms with van der Waals surface area (Å²) in [6.07, 6.45) is 0. The number of carbonyl (C=O) groups is 1. The Hall–Kier alpha value is -2.77. The minimum Gasteiger partial charge on any atom is -0.450 e. The van der Waals surface area contributed by atoms with Gasteiger partial charge in [0.25, 0.3) is 5.91 Å². The average molecular weight is 495 g/mol. The van der Waals surface area contributed by atoms with Crippen LogP contribution in [0.3, 0.4) is 0 Å². The molecule has 0 unspecified atom stereocenters. The van der Waals surface area contributed by atoms with E-state index in [4.69, 9.17) is 4.42 Å². The van der Waals surface area contributed by atoms with E-state index in [1.165, 1.54) is 11.3 Å². The summed E-state index contributed by atoms with van der Waals surface area (Å²) >= 11 is 4.96. The lowest BCUT2D eigenvalue weighted by Gasteiger charge is -2.22. The van der Waals surface area contributed by atoms with Crippen LogP contribution in [0.4, 0.5) is 5.13 Å². The number of hydrogen-bond donors (Lipinski definition) is 0. The lowest BCUT2D eigenvalue weighted by atomic mass is 9.98. The second kappa shape index (κ2) is 7.14. The van der Waals surface area contributed by atoms with E-state index in [0.29, 0.717) is 21.7 Å². The molecule has 0 saturated carbocycles. The number of benzene rings is 2. The van der Waals surface area contributed by atoms with E-state index in [1.807, 2.05) is 64.1 Å². The summed E-state index contributed by atoms with van der Waals surface area (Å²) in [5, 5.41) is 1.05. The molecule has 0 spiro atoms. The first-order valence-electron chi connectivity index (χ1n) is 9.87. The first kappa shape index (κ1) is 20.2. The lowest BCUT2D eigenvalue weighted by Crippen LogP contribution is -2.29. The van der Waals surface area contributed by atoms with Crippen molar-refractivity contribution < 1.29 is 9.21 Å². The number of anilines is 1. The maximum absolute atomic E-state index is 13.7. The number of thiazole rings is 1. The maximum atomic E-state index is 13.7. The molecule has 7 heteroatoms. The van der Waals surface area contributed by atoms with Crippen molar-refractivity contribution >= 4 is 49.3 Å². The Morgan fingerprint density at radius 2 is 1.81 bits per heavy atom. The molecule has 1 aliphatic rings. The van der Waals surface area contributed by atoms with Gasteiger partial charge < -0.3 is 4.42 Å². The van der Waals surface area contributed by atoms with Gasteiger partial charge >= 0.3 is 0 Å². The number of aromatic nitrogens is 1. The summed E-state index contributed by atoms with van der Waals surface area (Å²) in [5.74, 6) is -0.248. The van der Waals surface area contributed by atoms with Gasteiger partial charge in [0.2, 0.25) is 5.76 Å². The van der Waals surface area contributed by atoms with Crippen molar-refractivity contribution in [1.29, 1.82) is 0 Å². The fourth-order valence-corrected chi connectivity index (χ4v) is 5.33. The van der Waals surface area contributed by atoms with Gasteiger partial charge in [-0.2, -0.15) is 0 Å². The minimum absolute atomic E-state index is 0.0937. The van der Waals surface area contributed by atoms with Crippen molar-refractivity contribution in [2.45, 2.75) is 33.7 Å².